The number of ether oxygens (including phenoxy) is 1. The lowest BCUT2D eigenvalue weighted by Crippen LogP contribution is -2.46. The number of hydrogen-bond donors (Lipinski definition) is 0. The second-order valence-electron chi connectivity index (χ2n) is 7.83. The van der Waals surface area contributed by atoms with Gasteiger partial charge in [0, 0.05) is 37.1 Å². The Hall–Kier alpha value is -1.11. The van der Waals surface area contributed by atoms with Crippen molar-refractivity contribution in [1.29, 1.82) is 0 Å². The van der Waals surface area contributed by atoms with E-state index in [2.05, 4.69) is 28.0 Å². The summed E-state index contributed by atoms with van der Waals surface area (Å²) >= 11 is 1.83. The van der Waals surface area contributed by atoms with Crippen molar-refractivity contribution < 1.29 is 9.53 Å². The first-order chi connectivity index (χ1) is 13.2. The first-order valence-electron chi connectivity index (χ1n) is 10.2. The van der Waals surface area contributed by atoms with Gasteiger partial charge in [0.25, 0.3) is 0 Å². The highest BCUT2D eigenvalue weighted by atomic mass is 32.2. The molecule has 1 aromatic heterocycles. The number of thioether (sulfide) groups is 1. The highest BCUT2D eigenvalue weighted by Gasteiger charge is 2.34. The number of carbonyl (C=O) groups excluding carboxylic acids is 1. The van der Waals surface area contributed by atoms with E-state index in [9.17, 15) is 4.79 Å². The van der Waals surface area contributed by atoms with Crippen LogP contribution in [0, 0.1) is 0 Å². The van der Waals surface area contributed by atoms with Crippen molar-refractivity contribution in [2.24, 2.45) is 0 Å². The van der Waals surface area contributed by atoms with Crippen LogP contribution in [0.4, 0.5) is 0 Å². The minimum Gasteiger partial charge on any atom is -0.369 e. The molecule has 1 aliphatic carbocycles. The SMILES string of the molecule is CSC[C@H](C)N1CC(=O)N(C2CCCCC2)C[C@H](OCc2ccccn2)C1. The normalized spacial score (nSPS) is 24.0. The zero-order chi connectivity index (χ0) is 19.1. The Morgan fingerprint density at radius 2 is 2.07 bits per heavy atom. The molecule has 2 atom stereocenters. The van der Waals surface area contributed by atoms with E-state index in [0.717, 1.165) is 30.8 Å². The van der Waals surface area contributed by atoms with Crippen LogP contribution in [0.1, 0.15) is 44.7 Å². The number of nitrogens with zero attached hydrogens (tertiary/aromatic N) is 3. The lowest BCUT2D eigenvalue weighted by Gasteiger charge is -2.35. The molecule has 2 heterocycles. The van der Waals surface area contributed by atoms with E-state index >= 15 is 0 Å². The number of pyridine rings is 1. The van der Waals surface area contributed by atoms with E-state index in [1.165, 1.54) is 19.3 Å². The third-order valence-corrected chi connectivity index (χ3v) is 6.55. The molecule has 1 amide bonds. The van der Waals surface area contributed by atoms with Gasteiger partial charge in [-0.25, -0.2) is 0 Å². The van der Waals surface area contributed by atoms with Gasteiger partial charge in [-0.2, -0.15) is 11.8 Å². The third-order valence-electron chi connectivity index (χ3n) is 5.74. The fraction of sp³-hybridized carbons (Fsp3) is 0.714. The lowest BCUT2D eigenvalue weighted by molar-refractivity contribution is -0.135. The van der Waals surface area contributed by atoms with Crippen LogP contribution in [0.25, 0.3) is 0 Å². The smallest absolute Gasteiger partial charge is 0.237 e. The van der Waals surface area contributed by atoms with Crippen molar-refractivity contribution in [3.63, 3.8) is 0 Å². The summed E-state index contributed by atoms with van der Waals surface area (Å²) in [6.45, 7) is 4.75. The predicted molar refractivity (Wildman–Crippen MR) is 111 cm³/mol. The quantitative estimate of drug-likeness (QED) is 0.714. The van der Waals surface area contributed by atoms with E-state index in [1.54, 1.807) is 6.20 Å². The second-order valence-corrected chi connectivity index (χ2v) is 8.74. The van der Waals surface area contributed by atoms with Crippen LogP contribution in [0.2, 0.25) is 0 Å². The molecule has 2 fully saturated rings. The maximum absolute atomic E-state index is 13.1. The number of amides is 1. The summed E-state index contributed by atoms with van der Waals surface area (Å²) in [6.07, 6.45) is 10.0. The fourth-order valence-corrected chi connectivity index (χ4v) is 4.88. The standard InChI is InChI=1S/C21H33N3O2S/c1-17(16-27-2)23-12-20(26-15-18-8-6-7-11-22-18)13-24(21(25)14-23)19-9-4-3-5-10-19/h6-8,11,17,19-20H,3-5,9-10,12-16H2,1-2H3/t17-,20+/m0/s1. The number of hydrogen-bond acceptors (Lipinski definition) is 5. The summed E-state index contributed by atoms with van der Waals surface area (Å²) in [7, 11) is 0. The van der Waals surface area contributed by atoms with Gasteiger partial charge in [-0.1, -0.05) is 25.3 Å². The first kappa shape index (κ1) is 20.6. The van der Waals surface area contributed by atoms with Gasteiger partial charge < -0.3 is 9.64 Å². The van der Waals surface area contributed by atoms with E-state index in [4.69, 9.17) is 4.74 Å². The Kier molecular flexibility index (Phi) is 7.97. The molecule has 6 heteroatoms. The molecule has 1 saturated carbocycles. The minimum atomic E-state index is 0.0321. The van der Waals surface area contributed by atoms with Gasteiger partial charge in [0.15, 0.2) is 0 Å². The lowest BCUT2D eigenvalue weighted by atomic mass is 9.94. The molecule has 1 aliphatic heterocycles. The highest BCUT2D eigenvalue weighted by Crippen LogP contribution is 2.25. The zero-order valence-corrected chi connectivity index (χ0v) is 17.5. The second kappa shape index (κ2) is 10.4. The van der Waals surface area contributed by atoms with Gasteiger partial charge in [0.1, 0.15) is 0 Å². The zero-order valence-electron chi connectivity index (χ0n) is 16.7. The summed E-state index contributed by atoms with van der Waals surface area (Å²) in [5, 5.41) is 0. The summed E-state index contributed by atoms with van der Waals surface area (Å²) in [5.74, 6) is 1.31. The molecule has 2 aliphatic rings. The van der Waals surface area contributed by atoms with E-state index in [0.29, 0.717) is 31.8 Å². The molecule has 3 rings (SSSR count). The maximum atomic E-state index is 13.1. The van der Waals surface area contributed by atoms with Crippen LogP contribution in [-0.2, 0) is 16.1 Å². The molecular formula is C21H33N3O2S. The molecule has 0 bridgehead atoms. The van der Waals surface area contributed by atoms with Crippen molar-refractivity contribution in [2.75, 3.05) is 31.6 Å². The molecule has 0 unspecified atom stereocenters. The largest absolute Gasteiger partial charge is 0.369 e. The molecule has 1 saturated heterocycles. The molecule has 27 heavy (non-hydrogen) atoms. The van der Waals surface area contributed by atoms with Gasteiger partial charge in [0.05, 0.1) is 24.9 Å². The van der Waals surface area contributed by atoms with Gasteiger partial charge in [-0.3, -0.25) is 14.7 Å². The Bertz CT molecular complexity index is 580. The molecule has 0 aromatic carbocycles. The summed E-state index contributed by atoms with van der Waals surface area (Å²) < 4.78 is 6.27. The Balaban J connectivity index is 1.70. The van der Waals surface area contributed by atoms with Gasteiger partial charge in [-0.05, 0) is 38.2 Å². The van der Waals surface area contributed by atoms with Crippen molar-refractivity contribution in [2.45, 2.75) is 63.8 Å². The van der Waals surface area contributed by atoms with E-state index < -0.39 is 0 Å². The van der Waals surface area contributed by atoms with Crippen LogP contribution in [0.15, 0.2) is 24.4 Å². The number of aromatic nitrogens is 1. The molecule has 0 radical (unpaired) electrons. The van der Waals surface area contributed by atoms with Gasteiger partial charge in [-0.15, -0.1) is 0 Å². The molecule has 150 valence electrons. The van der Waals surface area contributed by atoms with Crippen molar-refractivity contribution in [3.05, 3.63) is 30.1 Å². The average Bonchev–Trinajstić information content (AvgIpc) is 2.87. The van der Waals surface area contributed by atoms with E-state index in [1.807, 2.05) is 30.0 Å². The molecule has 1 aromatic rings. The minimum absolute atomic E-state index is 0.0321. The fourth-order valence-electron chi connectivity index (χ4n) is 4.19. The Morgan fingerprint density at radius 1 is 1.26 bits per heavy atom. The van der Waals surface area contributed by atoms with Crippen LogP contribution in [0.3, 0.4) is 0 Å². The van der Waals surface area contributed by atoms with Gasteiger partial charge >= 0.3 is 0 Å². The third kappa shape index (κ3) is 5.93. The Labute approximate surface area is 167 Å². The van der Waals surface area contributed by atoms with Crippen LogP contribution in [0.5, 0.6) is 0 Å². The summed E-state index contributed by atoms with van der Waals surface area (Å²) in [5.41, 5.74) is 0.945. The summed E-state index contributed by atoms with van der Waals surface area (Å²) in [4.78, 5) is 21.9. The topological polar surface area (TPSA) is 45.7 Å². The maximum Gasteiger partial charge on any atom is 0.237 e. The van der Waals surface area contributed by atoms with Crippen LogP contribution in [-0.4, -0.2) is 70.5 Å². The molecule has 0 N–H and O–H groups in total. The molecular weight excluding hydrogens is 358 g/mol. The summed E-state index contributed by atoms with van der Waals surface area (Å²) in [6, 6.07) is 6.67. The van der Waals surface area contributed by atoms with Crippen molar-refractivity contribution in [3.8, 4) is 0 Å². The average molecular weight is 392 g/mol. The van der Waals surface area contributed by atoms with Crippen LogP contribution < -0.4 is 0 Å². The van der Waals surface area contributed by atoms with Crippen LogP contribution >= 0.6 is 11.8 Å². The molecule has 0 spiro atoms. The molecule has 5 nitrogen and oxygen atoms in total. The predicted octanol–water partition coefficient (Wildman–Crippen LogP) is 3.20. The first-order valence-corrected chi connectivity index (χ1v) is 11.6. The van der Waals surface area contributed by atoms with Gasteiger partial charge in [0.2, 0.25) is 5.91 Å². The Morgan fingerprint density at radius 3 is 2.78 bits per heavy atom. The number of rotatable bonds is 7. The van der Waals surface area contributed by atoms with Crippen molar-refractivity contribution >= 4 is 17.7 Å². The van der Waals surface area contributed by atoms with E-state index in [-0.39, 0.29) is 12.0 Å². The number of carbonyl (C=O) groups is 1. The van der Waals surface area contributed by atoms with Crippen molar-refractivity contribution in [1.82, 2.24) is 14.8 Å². The highest BCUT2D eigenvalue weighted by molar-refractivity contribution is 7.98. The monoisotopic (exact) mass is 391 g/mol.